The van der Waals surface area contributed by atoms with Gasteiger partial charge in [-0.3, -0.25) is 4.79 Å². The molecule has 1 amide bonds. The summed E-state index contributed by atoms with van der Waals surface area (Å²) < 4.78 is 6.25. The van der Waals surface area contributed by atoms with E-state index >= 15 is 0 Å². The van der Waals surface area contributed by atoms with Crippen LogP contribution in [0.15, 0.2) is 28.8 Å². The summed E-state index contributed by atoms with van der Waals surface area (Å²) in [5.74, 6) is 0.995. The third kappa shape index (κ3) is 3.28. The van der Waals surface area contributed by atoms with Crippen molar-refractivity contribution in [1.82, 2.24) is 15.5 Å². The molecule has 6 heteroatoms. The number of carbonyl (C=O) groups is 1. The number of carbonyl (C=O) groups excluding carboxylic acids is 1. The van der Waals surface area contributed by atoms with Gasteiger partial charge in [0.2, 0.25) is 17.6 Å². The summed E-state index contributed by atoms with van der Waals surface area (Å²) in [7, 11) is 1.60. The number of rotatable bonds is 4. The van der Waals surface area contributed by atoms with Crippen LogP contribution >= 0.6 is 22.6 Å². The van der Waals surface area contributed by atoms with Crippen molar-refractivity contribution in [3.8, 4) is 11.4 Å². The molecule has 0 aliphatic rings. The van der Waals surface area contributed by atoms with Crippen molar-refractivity contribution in [2.45, 2.75) is 12.8 Å². The van der Waals surface area contributed by atoms with Crippen LogP contribution in [0.2, 0.25) is 0 Å². The molecule has 1 N–H and O–H groups in total. The maximum absolute atomic E-state index is 11.1. The third-order valence-electron chi connectivity index (χ3n) is 2.42. The lowest BCUT2D eigenvalue weighted by Gasteiger charge is -1.95. The number of nitrogens with one attached hydrogen (secondary N) is 1. The molecule has 0 bridgehead atoms. The number of hydrogen-bond acceptors (Lipinski definition) is 4. The summed E-state index contributed by atoms with van der Waals surface area (Å²) in [4.78, 5) is 15.4. The van der Waals surface area contributed by atoms with Gasteiger partial charge in [0.1, 0.15) is 0 Å². The maximum Gasteiger partial charge on any atom is 0.227 e. The molecule has 18 heavy (non-hydrogen) atoms. The Bertz CT molecular complexity index is 537. The fourth-order valence-electron chi connectivity index (χ4n) is 1.42. The lowest BCUT2D eigenvalue weighted by Crippen LogP contribution is -2.17. The molecule has 0 atom stereocenters. The van der Waals surface area contributed by atoms with Gasteiger partial charge in [0, 0.05) is 29.0 Å². The molecule has 1 heterocycles. The van der Waals surface area contributed by atoms with Crippen LogP contribution in [0.1, 0.15) is 12.3 Å². The Kier molecular flexibility index (Phi) is 4.29. The topological polar surface area (TPSA) is 68.0 Å². The maximum atomic E-state index is 11.1. The third-order valence-corrected chi connectivity index (χ3v) is 3.13. The SMILES string of the molecule is CNC(=O)CCc1nc(-c2ccc(I)cc2)no1. The molecule has 0 unspecified atom stereocenters. The number of hydrogen-bond donors (Lipinski definition) is 1. The van der Waals surface area contributed by atoms with Crippen molar-refractivity contribution < 1.29 is 9.32 Å². The molecule has 94 valence electrons. The van der Waals surface area contributed by atoms with Crippen LogP contribution in [0.3, 0.4) is 0 Å². The number of amides is 1. The van der Waals surface area contributed by atoms with Crippen molar-refractivity contribution in [1.29, 1.82) is 0 Å². The fraction of sp³-hybridized carbons (Fsp3) is 0.250. The van der Waals surface area contributed by atoms with Crippen molar-refractivity contribution in [2.24, 2.45) is 0 Å². The van der Waals surface area contributed by atoms with Crippen molar-refractivity contribution in [3.63, 3.8) is 0 Å². The highest BCUT2D eigenvalue weighted by Crippen LogP contribution is 2.17. The van der Waals surface area contributed by atoms with E-state index in [-0.39, 0.29) is 5.91 Å². The Morgan fingerprint density at radius 2 is 2.11 bits per heavy atom. The highest BCUT2D eigenvalue weighted by molar-refractivity contribution is 14.1. The molecule has 0 aliphatic carbocycles. The van der Waals surface area contributed by atoms with Crippen LogP contribution in [0, 0.1) is 3.57 Å². The lowest BCUT2D eigenvalue weighted by molar-refractivity contribution is -0.120. The van der Waals surface area contributed by atoms with Crippen molar-refractivity contribution in [2.75, 3.05) is 7.05 Å². The molecule has 0 radical (unpaired) electrons. The minimum absolute atomic E-state index is 0.0379. The van der Waals surface area contributed by atoms with Gasteiger partial charge in [-0.1, -0.05) is 17.3 Å². The lowest BCUT2D eigenvalue weighted by atomic mass is 10.2. The molecule has 0 saturated carbocycles. The van der Waals surface area contributed by atoms with Crippen LogP contribution in [0.25, 0.3) is 11.4 Å². The Morgan fingerprint density at radius 3 is 2.78 bits per heavy atom. The van der Waals surface area contributed by atoms with E-state index in [1.807, 2.05) is 24.3 Å². The van der Waals surface area contributed by atoms with E-state index in [2.05, 4.69) is 38.0 Å². The second-order valence-electron chi connectivity index (χ2n) is 3.69. The van der Waals surface area contributed by atoms with E-state index < -0.39 is 0 Å². The van der Waals surface area contributed by atoms with Crippen LogP contribution in [-0.4, -0.2) is 23.1 Å². The smallest absolute Gasteiger partial charge is 0.227 e. The van der Waals surface area contributed by atoms with Crippen LogP contribution < -0.4 is 5.32 Å². The standard InChI is InChI=1S/C12H12IN3O2/c1-14-10(17)6-7-11-15-12(16-18-11)8-2-4-9(13)5-3-8/h2-5H,6-7H2,1H3,(H,14,17). The van der Waals surface area contributed by atoms with E-state index in [0.717, 1.165) is 9.13 Å². The molecule has 5 nitrogen and oxygen atoms in total. The Morgan fingerprint density at radius 1 is 1.39 bits per heavy atom. The fourth-order valence-corrected chi connectivity index (χ4v) is 1.78. The zero-order valence-corrected chi connectivity index (χ0v) is 12.0. The highest BCUT2D eigenvalue weighted by Gasteiger charge is 2.09. The number of halogens is 1. The minimum atomic E-state index is -0.0379. The largest absolute Gasteiger partial charge is 0.359 e. The van der Waals surface area contributed by atoms with Gasteiger partial charge >= 0.3 is 0 Å². The second-order valence-corrected chi connectivity index (χ2v) is 4.94. The summed E-state index contributed by atoms with van der Waals surface area (Å²) in [6, 6.07) is 7.84. The first-order chi connectivity index (χ1) is 8.69. The highest BCUT2D eigenvalue weighted by atomic mass is 127. The first kappa shape index (κ1) is 13.0. The van der Waals surface area contributed by atoms with Gasteiger partial charge in [-0.25, -0.2) is 0 Å². The molecular weight excluding hydrogens is 345 g/mol. The average Bonchev–Trinajstić information content (AvgIpc) is 2.85. The summed E-state index contributed by atoms with van der Waals surface area (Å²) in [5.41, 5.74) is 0.908. The van der Waals surface area contributed by atoms with Gasteiger partial charge in [0.05, 0.1) is 0 Å². The first-order valence-electron chi connectivity index (χ1n) is 5.48. The Balaban J connectivity index is 2.06. The summed E-state index contributed by atoms with van der Waals surface area (Å²) in [6.45, 7) is 0. The predicted octanol–water partition coefficient (Wildman–Crippen LogP) is 2.02. The minimum Gasteiger partial charge on any atom is -0.359 e. The van der Waals surface area contributed by atoms with Gasteiger partial charge < -0.3 is 9.84 Å². The Hall–Kier alpha value is -1.44. The van der Waals surface area contributed by atoms with Crippen LogP contribution in [0.4, 0.5) is 0 Å². The van der Waals surface area contributed by atoms with E-state index in [0.29, 0.717) is 24.6 Å². The average molecular weight is 357 g/mol. The molecule has 2 rings (SSSR count). The quantitative estimate of drug-likeness (QED) is 0.851. The van der Waals surface area contributed by atoms with Gasteiger partial charge in [-0.2, -0.15) is 4.98 Å². The second kappa shape index (κ2) is 5.94. The summed E-state index contributed by atoms with van der Waals surface area (Å²) >= 11 is 2.24. The van der Waals surface area contributed by atoms with E-state index in [1.165, 1.54) is 0 Å². The summed E-state index contributed by atoms with van der Waals surface area (Å²) in [5, 5.41) is 6.45. The molecule has 2 aromatic rings. The molecule has 1 aromatic heterocycles. The van der Waals surface area contributed by atoms with Gasteiger partial charge in [-0.05, 0) is 34.7 Å². The monoisotopic (exact) mass is 357 g/mol. The molecular formula is C12H12IN3O2. The molecule has 1 aromatic carbocycles. The van der Waals surface area contributed by atoms with Crippen LogP contribution in [0.5, 0.6) is 0 Å². The first-order valence-corrected chi connectivity index (χ1v) is 6.56. The van der Waals surface area contributed by atoms with Gasteiger partial charge in [0.15, 0.2) is 0 Å². The zero-order valence-electron chi connectivity index (χ0n) is 9.81. The number of benzene rings is 1. The zero-order chi connectivity index (χ0) is 13.0. The van der Waals surface area contributed by atoms with E-state index in [1.54, 1.807) is 7.05 Å². The van der Waals surface area contributed by atoms with E-state index in [4.69, 9.17) is 4.52 Å². The molecule has 0 saturated heterocycles. The number of nitrogens with zero attached hydrogens (tertiary/aromatic N) is 2. The van der Waals surface area contributed by atoms with Gasteiger partial charge in [0.25, 0.3) is 0 Å². The molecule has 0 fully saturated rings. The molecule has 0 spiro atoms. The normalized spacial score (nSPS) is 10.3. The Labute approximate surface area is 118 Å². The molecule has 0 aliphatic heterocycles. The van der Waals surface area contributed by atoms with Crippen molar-refractivity contribution >= 4 is 28.5 Å². The number of aryl methyl sites for hydroxylation is 1. The summed E-state index contributed by atoms with van der Waals surface area (Å²) in [6.07, 6.45) is 0.807. The van der Waals surface area contributed by atoms with Crippen molar-refractivity contribution in [3.05, 3.63) is 33.7 Å². The number of aromatic nitrogens is 2. The predicted molar refractivity (Wildman–Crippen MR) is 74.8 cm³/mol. The van der Waals surface area contributed by atoms with Gasteiger partial charge in [-0.15, -0.1) is 0 Å². The van der Waals surface area contributed by atoms with Crippen LogP contribution in [-0.2, 0) is 11.2 Å². The van der Waals surface area contributed by atoms with E-state index in [9.17, 15) is 4.79 Å².